The van der Waals surface area contributed by atoms with Gasteiger partial charge in [-0.15, -0.1) is 0 Å². The number of carbonyl (C=O) groups is 4. The van der Waals surface area contributed by atoms with Crippen LogP contribution in [0.4, 0.5) is 0 Å². The molecular formula is C19H16O7. The van der Waals surface area contributed by atoms with Gasteiger partial charge in [-0.05, 0) is 35.9 Å². The molecule has 2 rings (SSSR count). The summed E-state index contributed by atoms with van der Waals surface area (Å²) in [5.74, 6) is -2.49. The fourth-order valence-electron chi connectivity index (χ4n) is 1.75. The predicted octanol–water partition coefficient (Wildman–Crippen LogP) is 2.77. The molecule has 0 amide bonds. The molecule has 0 fully saturated rings. The molecule has 0 spiro atoms. The summed E-state index contributed by atoms with van der Waals surface area (Å²) in [6.07, 6.45) is 3.35. The van der Waals surface area contributed by atoms with Crippen LogP contribution < -0.4 is 0 Å². The Morgan fingerprint density at radius 2 is 1.38 bits per heavy atom. The summed E-state index contributed by atoms with van der Waals surface area (Å²) in [5, 5.41) is 17.2. The Balaban J connectivity index is 0.000000273. The molecule has 2 aromatic carbocycles. The lowest BCUT2D eigenvalue weighted by molar-refractivity contribution is -0.134. The molecule has 26 heavy (non-hydrogen) atoms. The van der Waals surface area contributed by atoms with Crippen molar-refractivity contribution in [1.82, 2.24) is 0 Å². The zero-order chi connectivity index (χ0) is 19.5. The van der Waals surface area contributed by atoms with Crippen molar-refractivity contribution in [3.8, 4) is 0 Å². The number of methoxy groups -OCH3 is 1. The zero-order valence-electron chi connectivity index (χ0n) is 13.8. The van der Waals surface area contributed by atoms with Gasteiger partial charge in [-0.2, -0.15) is 0 Å². The largest absolute Gasteiger partial charge is 0.478 e. The molecule has 0 unspecified atom stereocenters. The summed E-state index contributed by atoms with van der Waals surface area (Å²) in [6, 6.07) is 12.1. The maximum atomic E-state index is 10.8. The van der Waals surface area contributed by atoms with Crippen molar-refractivity contribution in [2.45, 2.75) is 0 Å². The number of rotatable bonds is 5. The van der Waals surface area contributed by atoms with E-state index in [4.69, 9.17) is 10.2 Å². The number of ether oxygens (including phenoxy) is 1. The van der Waals surface area contributed by atoms with Crippen LogP contribution >= 0.6 is 0 Å². The summed E-state index contributed by atoms with van der Waals surface area (Å²) >= 11 is 0. The van der Waals surface area contributed by atoms with E-state index in [1.807, 2.05) is 0 Å². The quantitative estimate of drug-likeness (QED) is 0.480. The molecule has 7 nitrogen and oxygen atoms in total. The van der Waals surface area contributed by atoms with Gasteiger partial charge in [-0.3, -0.25) is 4.79 Å². The number of benzene rings is 2. The first-order valence-corrected chi connectivity index (χ1v) is 7.25. The Morgan fingerprint density at radius 1 is 0.885 bits per heavy atom. The summed E-state index contributed by atoms with van der Waals surface area (Å²) in [6.45, 7) is 0. The minimum absolute atomic E-state index is 0.134. The fourth-order valence-corrected chi connectivity index (χ4v) is 1.75. The molecule has 134 valence electrons. The van der Waals surface area contributed by atoms with Crippen molar-refractivity contribution >= 4 is 30.3 Å². The van der Waals surface area contributed by atoms with Crippen molar-refractivity contribution in [2.75, 3.05) is 7.11 Å². The smallest absolute Gasteiger partial charge is 0.335 e. The molecule has 2 N–H and O–H groups in total. The van der Waals surface area contributed by atoms with Crippen LogP contribution in [0.25, 0.3) is 6.08 Å². The molecule has 0 saturated carbocycles. The van der Waals surface area contributed by atoms with Gasteiger partial charge in [-0.25, -0.2) is 14.4 Å². The highest BCUT2D eigenvalue weighted by atomic mass is 16.5. The molecule has 0 atom stereocenters. The van der Waals surface area contributed by atoms with E-state index in [1.165, 1.54) is 49.6 Å². The predicted molar refractivity (Wildman–Crippen MR) is 93.2 cm³/mol. The van der Waals surface area contributed by atoms with Gasteiger partial charge >= 0.3 is 17.9 Å². The van der Waals surface area contributed by atoms with Crippen LogP contribution in [0.2, 0.25) is 0 Å². The Morgan fingerprint density at radius 3 is 1.85 bits per heavy atom. The lowest BCUT2D eigenvalue weighted by Gasteiger charge is -1.96. The second-order valence-corrected chi connectivity index (χ2v) is 4.84. The van der Waals surface area contributed by atoms with Crippen molar-refractivity contribution in [2.24, 2.45) is 0 Å². The SMILES string of the molecule is COC(=O)/C=C/c1cccc(C(=O)O)c1.O=Cc1cccc(C(=O)O)c1. The molecule has 0 aromatic heterocycles. The number of hydrogen-bond acceptors (Lipinski definition) is 5. The van der Waals surface area contributed by atoms with Crippen molar-refractivity contribution in [3.63, 3.8) is 0 Å². The van der Waals surface area contributed by atoms with E-state index in [0.717, 1.165) is 0 Å². The average molecular weight is 356 g/mol. The van der Waals surface area contributed by atoms with Gasteiger partial charge in [0.25, 0.3) is 0 Å². The van der Waals surface area contributed by atoms with Crippen LogP contribution in [-0.4, -0.2) is 41.5 Å². The Labute approximate surface area is 149 Å². The maximum Gasteiger partial charge on any atom is 0.335 e. The summed E-state index contributed by atoms with van der Waals surface area (Å²) in [5.41, 5.74) is 1.34. The van der Waals surface area contributed by atoms with Crippen LogP contribution in [0.15, 0.2) is 54.6 Å². The monoisotopic (exact) mass is 356 g/mol. The van der Waals surface area contributed by atoms with Gasteiger partial charge in [0, 0.05) is 11.6 Å². The van der Waals surface area contributed by atoms with Crippen LogP contribution in [0.5, 0.6) is 0 Å². The van der Waals surface area contributed by atoms with Gasteiger partial charge < -0.3 is 14.9 Å². The highest BCUT2D eigenvalue weighted by Crippen LogP contribution is 2.07. The lowest BCUT2D eigenvalue weighted by Crippen LogP contribution is -1.96. The van der Waals surface area contributed by atoms with E-state index in [-0.39, 0.29) is 11.1 Å². The third-order valence-corrected chi connectivity index (χ3v) is 3.02. The number of esters is 1. The molecule has 0 heterocycles. The number of carboxylic acids is 2. The van der Waals surface area contributed by atoms with Crippen LogP contribution in [0.3, 0.4) is 0 Å². The average Bonchev–Trinajstić information content (AvgIpc) is 2.66. The van der Waals surface area contributed by atoms with E-state index in [1.54, 1.807) is 18.2 Å². The normalized spacial score (nSPS) is 9.73. The molecule has 0 aliphatic heterocycles. The fraction of sp³-hybridized carbons (Fsp3) is 0.0526. The van der Waals surface area contributed by atoms with E-state index in [9.17, 15) is 19.2 Å². The third kappa shape index (κ3) is 6.79. The number of carbonyl (C=O) groups excluding carboxylic acids is 2. The second-order valence-electron chi connectivity index (χ2n) is 4.84. The molecule has 0 aliphatic carbocycles. The molecule has 0 bridgehead atoms. The van der Waals surface area contributed by atoms with Gasteiger partial charge in [0.15, 0.2) is 0 Å². The van der Waals surface area contributed by atoms with Gasteiger partial charge in [0.2, 0.25) is 0 Å². The highest BCUT2D eigenvalue weighted by molar-refractivity contribution is 5.90. The molecular weight excluding hydrogens is 340 g/mol. The summed E-state index contributed by atoms with van der Waals surface area (Å²) in [7, 11) is 1.28. The first-order valence-electron chi connectivity index (χ1n) is 7.25. The van der Waals surface area contributed by atoms with Crippen molar-refractivity contribution in [1.29, 1.82) is 0 Å². The summed E-state index contributed by atoms with van der Waals surface area (Å²) in [4.78, 5) is 42.0. The number of aromatic carboxylic acids is 2. The second kappa shape index (κ2) is 10.2. The van der Waals surface area contributed by atoms with Crippen LogP contribution in [-0.2, 0) is 9.53 Å². The molecule has 2 aromatic rings. The van der Waals surface area contributed by atoms with Crippen LogP contribution in [0, 0.1) is 0 Å². The Hall–Kier alpha value is -3.74. The molecule has 0 aliphatic rings. The molecule has 7 heteroatoms. The van der Waals surface area contributed by atoms with Gasteiger partial charge in [-0.1, -0.05) is 24.3 Å². The van der Waals surface area contributed by atoms with E-state index in [0.29, 0.717) is 17.4 Å². The van der Waals surface area contributed by atoms with Crippen molar-refractivity contribution < 1.29 is 34.1 Å². The first-order chi connectivity index (χ1) is 12.4. The Bertz CT molecular complexity index is 837. The maximum absolute atomic E-state index is 10.8. The third-order valence-electron chi connectivity index (χ3n) is 3.02. The van der Waals surface area contributed by atoms with E-state index in [2.05, 4.69) is 4.74 Å². The number of carboxylic acid groups (broad SMARTS) is 2. The minimum atomic E-state index is -1.02. The number of aldehydes is 1. The van der Waals surface area contributed by atoms with Gasteiger partial charge in [0.05, 0.1) is 18.2 Å². The summed E-state index contributed by atoms with van der Waals surface area (Å²) < 4.78 is 4.41. The van der Waals surface area contributed by atoms with Gasteiger partial charge in [0.1, 0.15) is 6.29 Å². The standard InChI is InChI=1S/C11H10O4.C8H6O3/c1-15-10(12)6-5-8-3-2-4-9(7-8)11(13)14;9-5-6-2-1-3-7(4-6)8(10)11/h2-7H,1H3,(H,13,14);1-5H,(H,10,11)/b6-5+;. The minimum Gasteiger partial charge on any atom is -0.478 e. The first kappa shape index (κ1) is 20.3. The van der Waals surface area contributed by atoms with Crippen molar-refractivity contribution in [3.05, 3.63) is 76.9 Å². The molecule has 0 radical (unpaired) electrons. The molecule has 0 saturated heterocycles. The van der Waals surface area contributed by atoms with E-state index < -0.39 is 17.9 Å². The zero-order valence-corrected chi connectivity index (χ0v) is 13.8. The lowest BCUT2D eigenvalue weighted by atomic mass is 10.1. The van der Waals surface area contributed by atoms with Crippen LogP contribution in [0.1, 0.15) is 36.6 Å². The highest BCUT2D eigenvalue weighted by Gasteiger charge is 2.02. The number of hydrogen-bond donors (Lipinski definition) is 2. The van der Waals surface area contributed by atoms with E-state index >= 15 is 0 Å². The topological polar surface area (TPSA) is 118 Å². The Kier molecular flexibility index (Phi) is 7.96.